The number of benzene rings is 1. The molecular formula is C15H20N2OS. The summed E-state index contributed by atoms with van der Waals surface area (Å²) in [6, 6.07) is 5.94. The first-order chi connectivity index (χ1) is 9.25. The predicted molar refractivity (Wildman–Crippen MR) is 81.6 cm³/mol. The van der Waals surface area contributed by atoms with E-state index in [9.17, 15) is 4.79 Å². The molecule has 0 unspecified atom stereocenters. The van der Waals surface area contributed by atoms with Crippen LogP contribution in [0, 0.1) is 5.92 Å². The molecule has 0 radical (unpaired) electrons. The Kier molecular flexibility index (Phi) is 3.69. The number of hydrogen-bond donors (Lipinski definition) is 1. The van der Waals surface area contributed by atoms with E-state index in [1.807, 2.05) is 28.8 Å². The first kappa shape index (κ1) is 12.9. The van der Waals surface area contributed by atoms with Gasteiger partial charge in [-0.2, -0.15) is 11.8 Å². The van der Waals surface area contributed by atoms with Gasteiger partial charge < -0.3 is 10.6 Å². The highest BCUT2D eigenvalue weighted by molar-refractivity contribution is 7.99. The molecule has 0 saturated carbocycles. The van der Waals surface area contributed by atoms with Crippen LogP contribution in [-0.4, -0.2) is 24.0 Å². The Morgan fingerprint density at radius 2 is 2.16 bits per heavy atom. The van der Waals surface area contributed by atoms with Gasteiger partial charge >= 0.3 is 0 Å². The zero-order valence-electron chi connectivity index (χ0n) is 11.1. The van der Waals surface area contributed by atoms with Gasteiger partial charge in [-0.3, -0.25) is 4.79 Å². The fourth-order valence-electron chi connectivity index (χ4n) is 3.04. The minimum absolute atomic E-state index is 0.258. The summed E-state index contributed by atoms with van der Waals surface area (Å²) in [4.78, 5) is 14.4. The van der Waals surface area contributed by atoms with Crippen molar-refractivity contribution >= 4 is 29.0 Å². The quantitative estimate of drug-likeness (QED) is 0.845. The summed E-state index contributed by atoms with van der Waals surface area (Å²) >= 11 is 2.00. The number of rotatable bonds is 2. The van der Waals surface area contributed by atoms with Crippen molar-refractivity contribution in [2.24, 2.45) is 5.92 Å². The van der Waals surface area contributed by atoms with Gasteiger partial charge in [0.15, 0.2) is 0 Å². The Hall–Kier alpha value is -1.16. The molecule has 1 amide bonds. The van der Waals surface area contributed by atoms with Gasteiger partial charge in [0.2, 0.25) is 5.91 Å². The lowest BCUT2D eigenvalue weighted by molar-refractivity contribution is -0.119. The molecule has 1 fully saturated rings. The average Bonchev–Trinajstić information content (AvgIpc) is 2.85. The van der Waals surface area contributed by atoms with Crippen LogP contribution in [0.5, 0.6) is 0 Å². The molecule has 102 valence electrons. The molecule has 0 aromatic heterocycles. The second-order valence-electron chi connectivity index (χ2n) is 5.41. The molecule has 0 atom stereocenters. The summed E-state index contributed by atoms with van der Waals surface area (Å²) in [5.74, 6) is 3.24. The largest absolute Gasteiger partial charge is 0.397 e. The number of para-hydroxylation sites is 1. The van der Waals surface area contributed by atoms with E-state index in [4.69, 9.17) is 5.73 Å². The molecule has 0 spiro atoms. The number of thioether (sulfide) groups is 1. The SMILES string of the molecule is Nc1cccc2c1N(C(=O)CC1CCSCC1)CC2. The number of fused-ring (bicyclic) bond motifs is 1. The van der Waals surface area contributed by atoms with E-state index in [0.29, 0.717) is 12.3 Å². The Labute approximate surface area is 118 Å². The van der Waals surface area contributed by atoms with Crippen molar-refractivity contribution in [2.45, 2.75) is 25.7 Å². The normalized spacial score (nSPS) is 19.5. The highest BCUT2D eigenvalue weighted by Gasteiger charge is 2.28. The highest BCUT2D eigenvalue weighted by atomic mass is 32.2. The van der Waals surface area contributed by atoms with Crippen molar-refractivity contribution in [3.63, 3.8) is 0 Å². The van der Waals surface area contributed by atoms with Gasteiger partial charge in [0.25, 0.3) is 0 Å². The summed E-state index contributed by atoms with van der Waals surface area (Å²) in [7, 11) is 0. The van der Waals surface area contributed by atoms with Crippen molar-refractivity contribution in [3.8, 4) is 0 Å². The molecule has 2 N–H and O–H groups in total. The van der Waals surface area contributed by atoms with E-state index in [-0.39, 0.29) is 5.91 Å². The molecule has 2 aliphatic rings. The first-order valence-corrected chi connectivity index (χ1v) is 8.16. The van der Waals surface area contributed by atoms with Crippen LogP contribution in [0.1, 0.15) is 24.8 Å². The lowest BCUT2D eigenvalue weighted by atomic mass is 9.98. The average molecular weight is 276 g/mol. The van der Waals surface area contributed by atoms with Gasteiger partial charge in [-0.05, 0) is 48.3 Å². The van der Waals surface area contributed by atoms with Gasteiger partial charge in [-0.25, -0.2) is 0 Å². The highest BCUT2D eigenvalue weighted by Crippen LogP contribution is 2.35. The summed E-state index contributed by atoms with van der Waals surface area (Å²) in [5.41, 5.74) is 8.96. The maximum Gasteiger partial charge on any atom is 0.227 e. The lowest BCUT2D eigenvalue weighted by Gasteiger charge is -2.24. The second kappa shape index (κ2) is 5.45. The summed E-state index contributed by atoms with van der Waals surface area (Å²) in [6.45, 7) is 0.795. The van der Waals surface area contributed by atoms with Gasteiger partial charge in [0, 0.05) is 13.0 Å². The van der Waals surface area contributed by atoms with Crippen molar-refractivity contribution in [3.05, 3.63) is 23.8 Å². The summed E-state index contributed by atoms with van der Waals surface area (Å²) in [5, 5.41) is 0. The molecule has 1 aromatic carbocycles. The number of carbonyl (C=O) groups excluding carboxylic acids is 1. The molecule has 2 aliphatic heterocycles. The van der Waals surface area contributed by atoms with Crippen LogP contribution in [-0.2, 0) is 11.2 Å². The maximum atomic E-state index is 12.5. The molecule has 19 heavy (non-hydrogen) atoms. The van der Waals surface area contributed by atoms with E-state index in [1.165, 1.54) is 29.9 Å². The molecule has 0 aliphatic carbocycles. The first-order valence-electron chi connectivity index (χ1n) is 7.01. The monoisotopic (exact) mass is 276 g/mol. The fourth-order valence-corrected chi connectivity index (χ4v) is 4.25. The molecule has 2 heterocycles. The number of nitrogens with two attached hydrogens (primary N) is 1. The minimum Gasteiger partial charge on any atom is -0.397 e. The van der Waals surface area contributed by atoms with Crippen LogP contribution in [0.15, 0.2) is 18.2 Å². The number of anilines is 2. The van der Waals surface area contributed by atoms with Gasteiger partial charge in [0.05, 0.1) is 11.4 Å². The maximum absolute atomic E-state index is 12.5. The summed E-state index contributed by atoms with van der Waals surface area (Å²) < 4.78 is 0. The topological polar surface area (TPSA) is 46.3 Å². The number of nitrogen functional groups attached to an aromatic ring is 1. The second-order valence-corrected chi connectivity index (χ2v) is 6.63. The molecule has 1 saturated heterocycles. The fraction of sp³-hybridized carbons (Fsp3) is 0.533. The lowest BCUT2D eigenvalue weighted by Crippen LogP contribution is -2.31. The van der Waals surface area contributed by atoms with Gasteiger partial charge in [-0.1, -0.05) is 12.1 Å². The van der Waals surface area contributed by atoms with E-state index in [1.54, 1.807) is 0 Å². The van der Waals surface area contributed by atoms with Crippen molar-refractivity contribution in [2.75, 3.05) is 28.7 Å². The van der Waals surface area contributed by atoms with E-state index < -0.39 is 0 Å². The van der Waals surface area contributed by atoms with Crippen molar-refractivity contribution in [1.29, 1.82) is 0 Å². The van der Waals surface area contributed by atoms with E-state index in [0.717, 1.165) is 24.3 Å². The van der Waals surface area contributed by atoms with Gasteiger partial charge in [-0.15, -0.1) is 0 Å². The number of amides is 1. The van der Waals surface area contributed by atoms with Crippen LogP contribution in [0.25, 0.3) is 0 Å². The third kappa shape index (κ3) is 2.59. The zero-order valence-corrected chi connectivity index (χ0v) is 11.9. The molecular weight excluding hydrogens is 256 g/mol. The van der Waals surface area contributed by atoms with Crippen molar-refractivity contribution < 1.29 is 4.79 Å². The predicted octanol–water partition coefficient (Wildman–Crippen LogP) is 2.69. The Balaban J connectivity index is 1.72. The van der Waals surface area contributed by atoms with E-state index in [2.05, 4.69) is 6.07 Å². The molecule has 3 rings (SSSR count). The van der Waals surface area contributed by atoms with Crippen LogP contribution in [0.2, 0.25) is 0 Å². The molecule has 0 bridgehead atoms. The van der Waals surface area contributed by atoms with Crippen LogP contribution in [0.3, 0.4) is 0 Å². The Morgan fingerprint density at radius 3 is 2.95 bits per heavy atom. The molecule has 1 aromatic rings. The molecule has 3 nitrogen and oxygen atoms in total. The van der Waals surface area contributed by atoms with Gasteiger partial charge in [0.1, 0.15) is 0 Å². The van der Waals surface area contributed by atoms with Crippen molar-refractivity contribution in [1.82, 2.24) is 0 Å². The Morgan fingerprint density at radius 1 is 1.37 bits per heavy atom. The summed E-state index contributed by atoms with van der Waals surface area (Å²) in [6.07, 6.45) is 3.99. The minimum atomic E-state index is 0.258. The third-order valence-corrected chi connectivity index (χ3v) is 5.18. The van der Waals surface area contributed by atoms with Crippen LogP contribution in [0.4, 0.5) is 11.4 Å². The zero-order chi connectivity index (χ0) is 13.2. The third-order valence-electron chi connectivity index (χ3n) is 4.13. The standard InChI is InChI=1S/C15H20N2OS/c16-13-3-1-2-12-4-7-17(15(12)13)14(18)10-11-5-8-19-9-6-11/h1-3,11H,4-10,16H2. The number of nitrogens with zero attached hydrogens (tertiary/aromatic N) is 1. The number of hydrogen-bond acceptors (Lipinski definition) is 3. The molecule has 4 heteroatoms. The van der Waals surface area contributed by atoms with Crippen LogP contribution < -0.4 is 10.6 Å². The number of carbonyl (C=O) groups is 1. The van der Waals surface area contributed by atoms with Crippen LogP contribution >= 0.6 is 11.8 Å². The Bertz CT molecular complexity index is 483. The smallest absolute Gasteiger partial charge is 0.227 e. The van der Waals surface area contributed by atoms with E-state index >= 15 is 0 Å².